The zero-order valence-corrected chi connectivity index (χ0v) is 9.32. The van der Waals surface area contributed by atoms with Crippen molar-refractivity contribution in [2.45, 2.75) is 18.9 Å². The van der Waals surface area contributed by atoms with Crippen LogP contribution in [0.15, 0.2) is 18.5 Å². The van der Waals surface area contributed by atoms with Gasteiger partial charge in [0.25, 0.3) is 0 Å². The summed E-state index contributed by atoms with van der Waals surface area (Å²) in [5.41, 5.74) is 6.67. The lowest BCUT2D eigenvalue weighted by Gasteiger charge is -2.19. The summed E-state index contributed by atoms with van der Waals surface area (Å²) in [5.74, 6) is 0. The molecular formula is C11H21N3O. The molecule has 0 aromatic carbocycles. The number of H-pyrrole nitrogens is 1. The van der Waals surface area contributed by atoms with Crippen LogP contribution in [0.4, 0.5) is 0 Å². The summed E-state index contributed by atoms with van der Waals surface area (Å²) in [5, 5.41) is 9.55. The largest absolute Gasteiger partial charge is 0.392 e. The predicted molar refractivity (Wildman–Crippen MR) is 61.7 cm³/mol. The molecule has 15 heavy (non-hydrogen) atoms. The van der Waals surface area contributed by atoms with E-state index in [-0.39, 0.29) is 6.10 Å². The Morgan fingerprint density at radius 3 is 3.00 bits per heavy atom. The number of rotatable bonds is 7. The first kappa shape index (κ1) is 12.2. The first-order valence-electron chi connectivity index (χ1n) is 5.40. The van der Waals surface area contributed by atoms with Crippen molar-refractivity contribution in [3.8, 4) is 0 Å². The average Bonchev–Trinajstić information content (AvgIpc) is 2.67. The fourth-order valence-corrected chi connectivity index (χ4v) is 1.57. The van der Waals surface area contributed by atoms with E-state index < -0.39 is 0 Å². The molecule has 4 nitrogen and oxygen atoms in total. The molecule has 0 saturated heterocycles. The van der Waals surface area contributed by atoms with Crippen LogP contribution in [0, 0.1) is 0 Å². The molecule has 0 aliphatic heterocycles. The second kappa shape index (κ2) is 6.61. The van der Waals surface area contributed by atoms with Gasteiger partial charge in [-0.2, -0.15) is 0 Å². The van der Waals surface area contributed by atoms with Crippen LogP contribution in [0.2, 0.25) is 0 Å². The van der Waals surface area contributed by atoms with Crippen LogP contribution in [0.3, 0.4) is 0 Å². The lowest BCUT2D eigenvalue weighted by molar-refractivity contribution is 0.120. The molecule has 0 radical (unpaired) electrons. The number of aromatic amines is 1. The summed E-state index contributed by atoms with van der Waals surface area (Å²) in [4.78, 5) is 5.16. The van der Waals surface area contributed by atoms with Crippen LogP contribution in [-0.2, 0) is 6.42 Å². The number of aliphatic hydroxyl groups excluding tert-OH is 1. The molecule has 0 saturated carbocycles. The number of nitrogens with zero attached hydrogens (tertiary/aromatic N) is 1. The first-order chi connectivity index (χ1) is 7.22. The highest BCUT2D eigenvalue weighted by Crippen LogP contribution is 2.00. The van der Waals surface area contributed by atoms with E-state index in [2.05, 4.69) is 16.0 Å². The van der Waals surface area contributed by atoms with E-state index in [0.29, 0.717) is 19.5 Å². The van der Waals surface area contributed by atoms with Crippen LogP contribution in [0.1, 0.15) is 12.0 Å². The number of aromatic nitrogens is 1. The van der Waals surface area contributed by atoms with Crippen molar-refractivity contribution in [1.82, 2.24) is 9.88 Å². The molecule has 0 amide bonds. The van der Waals surface area contributed by atoms with Crippen molar-refractivity contribution in [2.24, 2.45) is 5.73 Å². The Hall–Kier alpha value is -0.840. The monoisotopic (exact) mass is 211 g/mol. The predicted octanol–water partition coefficient (Wildman–Crippen LogP) is 0.199. The van der Waals surface area contributed by atoms with E-state index in [1.807, 2.05) is 19.4 Å². The first-order valence-corrected chi connectivity index (χ1v) is 5.40. The minimum Gasteiger partial charge on any atom is -0.392 e. The molecule has 1 atom stereocenters. The van der Waals surface area contributed by atoms with Crippen molar-refractivity contribution in [3.63, 3.8) is 0 Å². The van der Waals surface area contributed by atoms with Gasteiger partial charge in [-0.25, -0.2) is 0 Å². The summed E-state index contributed by atoms with van der Waals surface area (Å²) in [7, 11) is 2.02. The molecule has 0 bridgehead atoms. The molecule has 1 aromatic rings. The summed E-state index contributed by atoms with van der Waals surface area (Å²) in [6.45, 7) is 2.20. The topological polar surface area (TPSA) is 65.3 Å². The van der Waals surface area contributed by atoms with Gasteiger partial charge >= 0.3 is 0 Å². The molecule has 0 spiro atoms. The summed E-state index contributed by atoms with van der Waals surface area (Å²) < 4.78 is 0. The fraction of sp³-hybridized carbons (Fsp3) is 0.636. The molecule has 1 unspecified atom stereocenters. The number of hydrogen-bond acceptors (Lipinski definition) is 3. The molecule has 86 valence electrons. The third-order valence-electron chi connectivity index (χ3n) is 2.47. The van der Waals surface area contributed by atoms with Gasteiger partial charge in [0, 0.05) is 25.5 Å². The molecule has 0 fully saturated rings. The molecular weight excluding hydrogens is 190 g/mol. The maximum Gasteiger partial charge on any atom is 0.0679 e. The Morgan fingerprint density at radius 1 is 1.60 bits per heavy atom. The van der Waals surface area contributed by atoms with Gasteiger partial charge in [-0.3, -0.25) is 0 Å². The highest BCUT2D eigenvalue weighted by atomic mass is 16.3. The number of aliphatic hydroxyl groups is 1. The summed E-state index contributed by atoms with van der Waals surface area (Å²) in [6, 6.07) is 2.07. The number of nitrogens with two attached hydrogens (primary N) is 1. The lowest BCUT2D eigenvalue weighted by atomic mass is 10.2. The van der Waals surface area contributed by atoms with Gasteiger partial charge < -0.3 is 20.7 Å². The molecule has 1 rings (SSSR count). The van der Waals surface area contributed by atoms with E-state index in [1.165, 1.54) is 5.56 Å². The van der Waals surface area contributed by atoms with E-state index in [9.17, 15) is 5.11 Å². The normalized spacial score (nSPS) is 13.3. The molecule has 4 heteroatoms. The molecule has 0 aliphatic rings. The quantitative estimate of drug-likeness (QED) is 0.603. The SMILES string of the molecule is CN(CCc1cc[nH]c1)CC(O)CCN. The van der Waals surface area contributed by atoms with Gasteiger partial charge in [0.2, 0.25) is 0 Å². The van der Waals surface area contributed by atoms with E-state index in [0.717, 1.165) is 13.0 Å². The smallest absolute Gasteiger partial charge is 0.0679 e. The molecule has 4 N–H and O–H groups in total. The standard InChI is InChI=1S/C11H21N3O/c1-14(9-11(15)2-5-12)7-4-10-3-6-13-8-10/h3,6,8,11,13,15H,2,4-5,7,9,12H2,1H3. The van der Waals surface area contributed by atoms with E-state index >= 15 is 0 Å². The molecule has 0 aliphatic carbocycles. The Bertz CT molecular complexity index is 248. The van der Waals surface area contributed by atoms with Crippen LogP contribution >= 0.6 is 0 Å². The van der Waals surface area contributed by atoms with Crippen molar-refractivity contribution in [2.75, 3.05) is 26.7 Å². The maximum atomic E-state index is 9.55. The summed E-state index contributed by atoms with van der Waals surface area (Å²) in [6.07, 6.45) is 5.32. The lowest BCUT2D eigenvalue weighted by Crippen LogP contribution is -2.32. The van der Waals surface area contributed by atoms with Gasteiger partial charge in [-0.05, 0) is 38.1 Å². The van der Waals surface area contributed by atoms with Crippen LogP contribution in [0.5, 0.6) is 0 Å². The van der Waals surface area contributed by atoms with Crippen molar-refractivity contribution in [1.29, 1.82) is 0 Å². The third kappa shape index (κ3) is 4.97. The number of nitrogens with one attached hydrogen (secondary N) is 1. The van der Waals surface area contributed by atoms with E-state index in [4.69, 9.17) is 5.73 Å². The number of hydrogen-bond donors (Lipinski definition) is 3. The van der Waals surface area contributed by atoms with Crippen LogP contribution in [-0.4, -0.2) is 47.8 Å². The second-order valence-corrected chi connectivity index (χ2v) is 3.96. The summed E-state index contributed by atoms with van der Waals surface area (Å²) >= 11 is 0. The van der Waals surface area contributed by atoms with Gasteiger partial charge in [0.05, 0.1) is 6.10 Å². The number of likely N-dealkylation sites (N-methyl/N-ethyl adjacent to an activating group) is 1. The highest BCUT2D eigenvalue weighted by Gasteiger charge is 2.06. The van der Waals surface area contributed by atoms with Crippen molar-refractivity contribution < 1.29 is 5.11 Å². The van der Waals surface area contributed by atoms with E-state index in [1.54, 1.807) is 0 Å². The van der Waals surface area contributed by atoms with Crippen molar-refractivity contribution >= 4 is 0 Å². The molecule has 1 aromatic heterocycles. The van der Waals surface area contributed by atoms with Gasteiger partial charge in [0.15, 0.2) is 0 Å². The Morgan fingerprint density at radius 2 is 2.40 bits per heavy atom. The zero-order valence-electron chi connectivity index (χ0n) is 9.32. The Kier molecular flexibility index (Phi) is 5.39. The third-order valence-corrected chi connectivity index (χ3v) is 2.47. The zero-order chi connectivity index (χ0) is 11.1. The second-order valence-electron chi connectivity index (χ2n) is 3.96. The minimum atomic E-state index is -0.300. The van der Waals surface area contributed by atoms with Crippen LogP contribution < -0.4 is 5.73 Å². The van der Waals surface area contributed by atoms with Crippen LogP contribution in [0.25, 0.3) is 0 Å². The van der Waals surface area contributed by atoms with Gasteiger partial charge in [0.1, 0.15) is 0 Å². The minimum absolute atomic E-state index is 0.300. The van der Waals surface area contributed by atoms with Gasteiger partial charge in [-0.15, -0.1) is 0 Å². The molecule has 1 heterocycles. The van der Waals surface area contributed by atoms with Gasteiger partial charge in [-0.1, -0.05) is 0 Å². The highest BCUT2D eigenvalue weighted by molar-refractivity contribution is 5.08. The Labute approximate surface area is 91.1 Å². The Balaban J connectivity index is 2.15. The fourth-order valence-electron chi connectivity index (χ4n) is 1.57. The van der Waals surface area contributed by atoms with Crippen molar-refractivity contribution in [3.05, 3.63) is 24.0 Å². The average molecular weight is 211 g/mol. The maximum absolute atomic E-state index is 9.55.